The second-order valence-electron chi connectivity index (χ2n) is 5.16. The topological polar surface area (TPSA) is 20.2 Å². The number of aliphatic hydroxyl groups is 1. The smallest absolute Gasteiger partial charge is 0.162 e. The molecule has 1 N–H and O–H groups in total. The lowest BCUT2D eigenvalue weighted by molar-refractivity contribution is 0.203. The minimum atomic E-state index is -0.851. The van der Waals surface area contributed by atoms with E-state index in [-0.39, 0.29) is 12.0 Å². The van der Waals surface area contributed by atoms with Crippen LogP contribution in [0.3, 0.4) is 0 Å². The summed E-state index contributed by atoms with van der Waals surface area (Å²) in [4.78, 5) is 0. The van der Waals surface area contributed by atoms with Gasteiger partial charge in [0.1, 0.15) is 0 Å². The molecule has 0 aliphatic heterocycles. The van der Waals surface area contributed by atoms with Gasteiger partial charge in [-0.2, -0.15) is 0 Å². The summed E-state index contributed by atoms with van der Waals surface area (Å²) in [5.41, 5.74) is 1.22. The van der Waals surface area contributed by atoms with E-state index >= 15 is 0 Å². The molecule has 2 rings (SSSR count). The van der Waals surface area contributed by atoms with Gasteiger partial charge < -0.3 is 5.11 Å². The van der Waals surface area contributed by atoms with Crippen LogP contribution in [-0.2, 0) is 6.42 Å². The lowest BCUT2D eigenvalue weighted by atomic mass is 9.93. The molecule has 1 nitrogen and oxygen atoms in total. The normalized spacial score (nSPS) is 21.1. The fourth-order valence-electron chi connectivity index (χ4n) is 2.56. The van der Waals surface area contributed by atoms with Crippen LogP contribution in [0.5, 0.6) is 0 Å². The third kappa shape index (κ3) is 3.87. The maximum Gasteiger partial charge on any atom is 0.162 e. The van der Waals surface area contributed by atoms with Gasteiger partial charge in [-0.1, -0.05) is 31.1 Å². The van der Waals surface area contributed by atoms with Crippen molar-refractivity contribution in [3.05, 3.63) is 47.0 Å². The summed E-state index contributed by atoms with van der Waals surface area (Å²) in [6.07, 6.45) is 7.97. The van der Waals surface area contributed by atoms with E-state index in [4.69, 9.17) is 0 Å². The molecule has 1 aromatic carbocycles. The molecule has 0 amide bonds. The first-order valence-electron chi connectivity index (χ1n) is 6.98. The predicted molar refractivity (Wildman–Crippen MR) is 71.9 cm³/mol. The number of hydrogen-bond acceptors (Lipinski definition) is 1. The molecular formula is C16H20F2O. The van der Waals surface area contributed by atoms with Gasteiger partial charge in [-0.3, -0.25) is 0 Å². The first-order chi connectivity index (χ1) is 9.18. The van der Waals surface area contributed by atoms with Crippen molar-refractivity contribution in [3.63, 3.8) is 0 Å². The summed E-state index contributed by atoms with van der Waals surface area (Å²) in [6.45, 7) is 0. The Kier molecular flexibility index (Phi) is 5.08. The van der Waals surface area contributed by atoms with Crippen LogP contribution in [0.4, 0.5) is 8.78 Å². The largest absolute Gasteiger partial charge is 0.388 e. The number of rotatable bonds is 3. The van der Waals surface area contributed by atoms with Crippen molar-refractivity contribution in [2.24, 2.45) is 0 Å². The summed E-state index contributed by atoms with van der Waals surface area (Å²) < 4.78 is 26.7. The zero-order valence-electron chi connectivity index (χ0n) is 11.0. The Labute approximate surface area is 113 Å². The van der Waals surface area contributed by atoms with E-state index in [0.717, 1.165) is 37.3 Å². The Morgan fingerprint density at radius 3 is 2.74 bits per heavy atom. The number of halogens is 2. The van der Waals surface area contributed by atoms with Gasteiger partial charge in [-0.15, -0.1) is 0 Å². The molecule has 1 atom stereocenters. The van der Waals surface area contributed by atoms with Crippen molar-refractivity contribution >= 4 is 0 Å². The van der Waals surface area contributed by atoms with Crippen molar-refractivity contribution in [1.82, 2.24) is 0 Å². The minimum absolute atomic E-state index is 0.148. The van der Waals surface area contributed by atoms with Gasteiger partial charge in [-0.25, -0.2) is 8.78 Å². The molecule has 1 aromatic rings. The fourth-order valence-corrected chi connectivity index (χ4v) is 2.56. The predicted octanol–water partition coefficient (Wildman–Crippen LogP) is 4.15. The van der Waals surface area contributed by atoms with Crippen molar-refractivity contribution in [3.8, 4) is 0 Å². The van der Waals surface area contributed by atoms with Crippen molar-refractivity contribution < 1.29 is 13.9 Å². The Morgan fingerprint density at radius 1 is 1.11 bits per heavy atom. The Hall–Kier alpha value is -1.22. The van der Waals surface area contributed by atoms with Crippen molar-refractivity contribution in [2.75, 3.05) is 0 Å². The molecule has 19 heavy (non-hydrogen) atoms. The van der Waals surface area contributed by atoms with Gasteiger partial charge >= 0.3 is 0 Å². The van der Waals surface area contributed by atoms with Crippen molar-refractivity contribution in [2.45, 2.75) is 51.0 Å². The molecule has 3 heteroatoms. The van der Waals surface area contributed by atoms with Crippen LogP contribution in [-0.4, -0.2) is 11.2 Å². The molecule has 0 fully saturated rings. The third-order valence-corrected chi connectivity index (χ3v) is 3.70. The van der Waals surface area contributed by atoms with Crippen molar-refractivity contribution in [1.29, 1.82) is 0 Å². The molecule has 0 saturated heterocycles. The zero-order chi connectivity index (χ0) is 13.7. The van der Waals surface area contributed by atoms with Gasteiger partial charge in [0.25, 0.3) is 0 Å². The number of benzene rings is 1. The lowest BCUT2D eigenvalue weighted by Gasteiger charge is -2.18. The number of aliphatic hydroxyl groups excluding tert-OH is 1. The van der Waals surface area contributed by atoms with E-state index in [1.807, 2.05) is 0 Å². The minimum Gasteiger partial charge on any atom is -0.388 e. The van der Waals surface area contributed by atoms with Gasteiger partial charge in [-0.05, 0) is 42.9 Å². The van der Waals surface area contributed by atoms with Crippen LogP contribution in [0.15, 0.2) is 29.8 Å². The SMILES string of the molecule is OC(Cc1cccc(F)c1F)/C1=C/CCCCCC1. The first kappa shape index (κ1) is 14.2. The van der Waals surface area contributed by atoms with E-state index < -0.39 is 17.7 Å². The van der Waals surface area contributed by atoms with Crippen LogP contribution in [0.25, 0.3) is 0 Å². The highest BCUT2D eigenvalue weighted by atomic mass is 19.2. The van der Waals surface area contributed by atoms with Crippen LogP contribution >= 0.6 is 0 Å². The second kappa shape index (κ2) is 6.80. The van der Waals surface area contributed by atoms with E-state index in [9.17, 15) is 13.9 Å². The maximum atomic E-state index is 13.6. The quantitative estimate of drug-likeness (QED) is 0.815. The number of allylic oxidation sites excluding steroid dienone is 1. The first-order valence-corrected chi connectivity index (χ1v) is 6.98. The molecule has 0 bridgehead atoms. The lowest BCUT2D eigenvalue weighted by Crippen LogP contribution is -2.16. The molecule has 104 valence electrons. The van der Waals surface area contributed by atoms with Gasteiger partial charge in [0.15, 0.2) is 11.6 Å². The molecule has 1 aliphatic rings. The zero-order valence-corrected chi connectivity index (χ0v) is 11.0. The van der Waals surface area contributed by atoms with Gasteiger partial charge in [0, 0.05) is 6.42 Å². The molecular weight excluding hydrogens is 246 g/mol. The second-order valence-corrected chi connectivity index (χ2v) is 5.16. The van der Waals surface area contributed by atoms with Crippen LogP contribution in [0.1, 0.15) is 44.1 Å². The third-order valence-electron chi connectivity index (χ3n) is 3.70. The Morgan fingerprint density at radius 2 is 1.89 bits per heavy atom. The van der Waals surface area contributed by atoms with E-state index in [1.165, 1.54) is 25.0 Å². The average Bonchev–Trinajstić information content (AvgIpc) is 2.34. The summed E-state index contributed by atoms with van der Waals surface area (Å²) in [7, 11) is 0. The average molecular weight is 266 g/mol. The maximum absolute atomic E-state index is 13.6. The van der Waals surface area contributed by atoms with E-state index in [0.29, 0.717) is 0 Å². The fraction of sp³-hybridized carbons (Fsp3) is 0.500. The molecule has 1 unspecified atom stereocenters. The standard InChI is InChI=1S/C16H20F2O/c17-14-10-6-9-13(16(14)18)11-15(19)12-7-4-2-1-3-5-8-12/h6-7,9-10,15,19H,1-5,8,11H2/b12-7+. The number of hydrogen-bond donors (Lipinski definition) is 1. The Balaban J connectivity index is 2.07. The van der Waals surface area contributed by atoms with E-state index in [2.05, 4.69) is 6.08 Å². The molecule has 1 aliphatic carbocycles. The van der Waals surface area contributed by atoms with Gasteiger partial charge in [0.05, 0.1) is 6.10 Å². The molecule has 0 aromatic heterocycles. The monoisotopic (exact) mass is 266 g/mol. The molecule has 0 saturated carbocycles. The summed E-state index contributed by atoms with van der Waals surface area (Å²) >= 11 is 0. The summed E-state index contributed by atoms with van der Waals surface area (Å²) in [6, 6.07) is 4.11. The van der Waals surface area contributed by atoms with Gasteiger partial charge in [0.2, 0.25) is 0 Å². The summed E-state index contributed by atoms with van der Waals surface area (Å²) in [5, 5.41) is 10.2. The van der Waals surface area contributed by atoms with E-state index in [1.54, 1.807) is 0 Å². The molecule has 0 radical (unpaired) electrons. The molecule has 0 spiro atoms. The highest BCUT2D eigenvalue weighted by molar-refractivity contribution is 5.22. The van der Waals surface area contributed by atoms with Crippen LogP contribution < -0.4 is 0 Å². The molecule has 0 heterocycles. The highest BCUT2D eigenvalue weighted by Crippen LogP contribution is 2.22. The Bertz CT molecular complexity index is 454. The van der Waals surface area contributed by atoms with Crippen LogP contribution in [0, 0.1) is 11.6 Å². The van der Waals surface area contributed by atoms with Crippen LogP contribution in [0.2, 0.25) is 0 Å². The summed E-state index contributed by atoms with van der Waals surface area (Å²) in [5.74, 6) is -1.69. The highest BCUT2D eigenvalue weighted by Gasteiger charge is 2.16.